The highest BCUT2D eigenvalue weighted by Gasteiger charge is 2.28. The van der Waals surface area contributed by atoms with Gasteiger partial charge < -0.3 is 10.1 Å². The average molecular weight is 545 g/mol. The SMILES string of the molecule is COc1ccc(S(=O)(=O)N(CC(=O)NCCCc2ccc(C)cc2)c2ccc(C)cc2)cc1Br. The van der Waals surface area contributed by atoms with Crippen LogP contribution in [0.5, 0.6) is 5.75 Å². The van der Waals surface area contributed by atoms with Crippen molar-refractivity contribution in [1.82, 2.24) is 5.32 Å². The lowest BCUT2D eigenvalue weighted by Crippen LogP contribution is -2.41. The molecule has 0 unspecified atom stereocenters. The first-order valence-electron chi connectivity index (χ1n) is 11.0. The smallest absolute Gasteiger partial charge is 0.264 e. The summed E-state index contributed by atoms with van der Waals surface area (Å²) in [7, 11) is -2.49. The Labute approximate surface area is 210 Å². The van der Waals surface area contributed by atoms with Crippen LogP contribution in [0.15, 0.2) is 76.1 Å². The number of amides is 1. The summed E-state index contributed by atoms with van der Waals surface area (Å²) in [5.74, 6) is 0.160. The van der Waals surface area contributed by atoms with Crippen LogP contribution in [-0.4, -0.2) is 34.5 Å². The van der Waals surface area contributed by atoms with E-state index in [1.807, 2.05) is 26.0 Å². The third-order valence-corrected chi connectivity index (χ3v) is 7.79. The minimum absolute atomic E-state index is 0.0629. The van der Waals surface area contributed by atoms with E-state index in [1.165, 1.54) is 30.4 Å². The molecule has 0 saturated carbocycles. The Balaban J connectivity index is 1.74. The Kier molecular flexibility index (Phi) is 8.74. The number of anilines is 1. The summed E-state index contributed by atoms with van der Waals surface area (Å²) in [5, 5.41) is 2.85. The van der Waals surface area contributed by atoms with Crippen LogP contribution >= 0.6 is 15.9 Å². The fourth-order valence-corrected chi connectivity index (χ4v) is 5.56. The number of carbonyl (C=O) groups excluding carboxylic acids is 1. The topological polar surface area (TPSA) is 75.7 Å². The van der Waals surface area contributed by atoms with E-state index in [2.05, 4.69) is 45.5 Å². The molecule has 0 fully saturated rings. The highest BCUT2D eigenvalue weighted by Crippen LogP contribution is 2.30. The lowest BCUT2D eigenvalue weighted by atomic mass is 10.1. The fraction of sp³-hybridized carbons (Fsp3) is 0.269. The predicted molar refractivity (Wildman–Crippen MR) is 139 cm³/mol. The predicted octanol–water partition coefficient (Wildman–Crippen LogP) is 5.02. The fourth-order valence-electron chi connectivity index (χ4n) is 3.42. The molecule has 0 radical (unpaired) electrons. The van der Waals surface area contributed by atoms with Crippen LogP contribution in [0.25, 0.3) is 0 Å². The van der Waals surface area contributed by atoms with Gasteiger partial charge in [0.2, 0.25) is 5.91 Å². The molecule has 0 aliphatic rings. The Morgan fingerprint density at radius 3 is 2.18 bits per heavy atom. The molecule has 6 nitrogen and oxygen atoms in total. The minimum Gasteiger partial charge on any atom is -0.496 e. The number of sulfonamides is 1. The second-order valence-corrected chi connectivity index (χ2v) is 10.8. The zero-order chi connectivity index (χ0) is 24.7. The molecule has 3 aromatic carbocycles. The first-order chi connectivity index (χ1) is 16.2. The standard InChI is InChI=1S/C26H29BrN2O4S/c1-19-6-10-21(11-7-19)5-4-16-28-26(30)18-29(22-12-8-20(2)9-13-22)34(31,32)23-14-15-25(33-3)24(27)17-23/h6-15,17H,4-5,16,18H2,1-3H3,(H,28,30). The summed E-state index contributed by atoms with van der Waals surface area (Å²) in [5.41, 5.74) is 3.83. The summed E-state index contributed by atoms with van der Waals surface area (Å²) in [6, 6.07) is 19.9. The van der Waals surface area contributed by atoms with Crippen molar-refractivity contribution in [2.45, 2.75) is 31.6 Å². The monoisotopic (exact) mass is 544 g/mol. The van der Waals surface area contributed by atoms with Gasteiger partial charge in [0.15, 0.2) is 0 Å². The number of ether oxygens (including phenoxy) is 1. The molecule has 0 aliphatic heterocycles. The highest BCUT2D eigenvalue weighted by atomic mass is 79.9. The normalized spacial score (nSPS) is 11.2. The number of hydrogen-bond acceptors (Lipinski definition) is 4. The van der Waals surface area contributed by atoms with Crippen molar-refractivity contribution in [2.24, 2.45) is 0 Å². The number of rotatable bonds is 10. The van der Waals surface area contributed by atoms with Crippen LogP contribution < -0.4 is 14.4 Å². The van der Waals surface area contributed by atoms with Crippen LogP contribution in [0.2, 0.25) is 0 Å². The van der Waals surface area contributed by atoms with Crippen molar-refractivity contribution in [3.63, 3.8) is 0 Å². The van der Waals surface area contributed by atoms with Gasteiger partial charge in [-0.25, -0.2) is 8.42 Å². The van der Waals surface area contributed by atoms with Gasteiger partial charge in [-0.15, -0.1) is 0 Å². The van der Waals surface area contributed by atoms with Crippen molar-refractivity contribution < 1.29 is 17.9 Å². The maximum atomic E-state index is 13.5. The minimum atomic E-state index is -4.00. The molecule has 3 aromatic rings. The summed E-state index contributed by atoms with van der Waals surface area (Å²) < 4.78 is 33.9. The van der Waals surface area contributed by atoms with Crippen LogP contribution in [0.1, 0.15) is 23.1 Å². The Morgan fingerprint density at radius 1 is 0.971 bits per heavy atom. The van der Waals surface area contributed by atoms with Crippen LogP contribution in [0.4, 0.5) is 5.69 Å². The zero-order valence-electron chi connectivity index (χ0n) is 19.5. The van der Waals surface area contributed by atoms with Gasteiger partial charge >= 0.3 is 0 Å². The van der Waals surface area contributed by atoms with Crippen LogP contribution in [0, 0.1) is 13.8 Å². The largest absolute Gasteiger partial charge is 0.496 e. The van der Waals surface area contributed by atoms with E-state index in [1.54, 1.807) is 18.2 Å². The molecule has 1 amide bonds. The summed E-state index contributed by atoms with van der Waals surface area (Å²) in [6.45, 7) is 4.11. The molecule has 3 rings (SSSR count). The van der Waals surface area contributed by atoms with Crippen molar-refractivity contribution >= 4 is 37.5 Å². The molecular weight excluding hydrogens is 516 g/mol. The molecule has 8 heteroatoms. The third-order valence-electron chi connectivity index (χ3n) is 5.41. The molecule has 34 heavy (non-hydrogen) atoms. The van der Waals surface area contributed by atoms with Gasteiger partial charge in [-0.1, -0.05) is 47.5 Å². The van der Waals surface area contributed by atoms with Crippen LogP contribution in [0.3, 0.4) is 0 Å². The number of aryl methyl sites for hydroxylation is 3. The summed E-state index contributed by atoms with van der Waals surface area (Å²) in [4.78, 5) is 12.8. The van der Waals surface area contributed by atoms with Gasteiger partial charge in [0, 0.05) is 6.54 Å². The summed E-state index contributed by atoms with van der Waals surface area (Å²) in [6.07, 6.45) is 1.60. The Hall–Kier alpha value is -2.84. The van der Waals surface area contributed by atoms with Gasteiger partial charge in [0.25, 0.3) is 10.0 Å². The average Bonchev–Trinajstić information content (AvgIpc) is 2.82. The Bertz CT molecular complexity index is 1230. The van der Waals surface area contributed by atoms with E-state index >= 15 is 0 Å². The molecule has 0 spiro atoms. The van der Waals surface area contributed by atoms with E-state index in [-0.39, 0.29) is 17.3 Å². The van der Waals surface area contributed by atoms with Gasteiger partial charge in [-0.2, -0.15) is 0 Å². The number of nitrogens with zero attached hydrogens (tertiary/aromatic N) is 1. The molecule has 0 bridgehead atoms. The number of hydrogen-bond donors (Lipinski definition) is 1. The molecular formula is C26H29BrN2O4S. The van der Waals surface area contributed by atoms with Gasteiger partial charge in [-0.3, -0.25) is 9.10 Å². The molecule has 0 heterocycles. The highest BCUT2D eigenvalue weighted by molar-refractivity contribution is 9.10. The van der Waals surface area contributed by atoms with E-state index in [4.69, 9.17) is 4.74 Å². The van der Waals surface area contributed by atoms with E-state index < -0.39 is 10.0 Å². The van der Waals surface area contributed by atoms with E-state index in [0.717, 1.165) is 22.7 Å². The maximum Gasteiger partial charge on any atom is 0.264 e. The maximum absolute atomic E-state index is 13.5. The molecule has 0 atom stereocenters. The first-order valence-corrected chi connectivity index (χ1v) is 13.2. The lowest BCUT2D eigenvalue weighted by Gasteiger charge is -2.24. The van der Waals surface area contributed by atoms with Crippen molar-refractivity contribution in [3.8, 4) is 5.75 Å². The molecule has 0 saturated heterocycles. The lowest BCUT2D eigenvalue weighted by molar-refractivity contribution is -0.119. The number of carbonyl (C=O) groups is 1. The second-order valence-electron chi connectivity index (χ2n) is 8.08. The van der Waals surface area contributed by atoms with Crippen molar-refractivity contribution in [3.05, 3.63) is 87.9 Å². The number of halogens is 1. The second kappa shape index (κ2) is 11.5. The zero-order valence-corrected chi connectivity index (χ0v) is 21.9. The van der Waals surface area contributed by atoms with Crippen molar-refractivity contribution in [1.29, 1.82) is 0 Å². The first kappa shape index (κ1) is 25.8. The van der Waals surface area contributed by atoms with Gasteiger partial charge in [-0.05, 0) is 78.5 Å². The Morgan fingerprint density at radius 2 is 1.59 bits per heavy atom. The molecule has 0 aromatic heterocycles. The number of benzene rings is 3. The van der Waals surface area contributed by atoms with E-state index in [0.29, 0.717) is 22.5 Å². The molecule has 0 aliphatic carbocycles. The van der Waals surface area contributed by atoms with Crippen LogP contribution in [-0.2, 0) is 21.2 Å². The van der Waals surface area contributed by atoms with Gasteiger partial charge in [0.1, 0.15) is 12.3 Å². The molecule has 1 N–H and O–H groups in total. The van der Waals surface area contributed by atoms with Crippen molar-refractivity contribution in [2.75, 3.05) is 24.5 Å². The third kappa shape index (κ3) is 6.61. The quantitative estimate of drug-likeness (QED) is 0.363. The molecule has 180 valence electrons. The van der Waals surface area contributed by atoms with Gasteiger partial charge in [0.05, 0.1) is 22.2 Å². The number of methoxy groups -OCH3 is 1. The summed E-state index contributed by atoms with van der Waals surface area (Å²) >= 11 is 3.34. The van der Waals surface area contributed by atoms with E-state index in [9.17, 15) is 13.2 Å². The number of nitrogens with one attached hydrogen (secondary N) is 1.